The summed E-state index contributed by atoms with van der Waals surface area (Å²) in [6, 6.07) is 6.87. The molecule has 0 aromatic heterocycles. The number of hydrogen-bond acceptors (Lipinski definition) is 6. The monoisotopic (exact) mass is 469 g/mol. The molecule has 0 bridgehead atoms. The van der Waals surface area contributed by atoms with Gasteiger partial charge in [-0.1, -0.05) is 35.9 Å². The number of carbonyl (C=O) groups is 3. The Balaban J connectivity index is 1.95. The number of rotatable bonds is 9. The number of piperidine rings is 1. The highest BCUT2D eigenvalue weighted by molar-refractivity contribution is 5.95. The Morgan fingerprint density at radius 2 is 1.76 bits per heavy atom. The van der Waals surface area contributed by atoms with Crippen LogP contribution < -0.4 is 5.32 Å². The van der Waals surface area contributed by atoms with Crippen LogP contribution in [0.3, 0.4) is 0 Å². The van der Waals surface area contributed by atoms with E-state index in [0.29, 0.717) is 50.4 Å². The van der Waals surface area contributed by atoms with Crippen molar-refractivity contribution in [3.8, 4) is 0 Å². The first-order valence-corrected chi connectivity index (χ1v) is 11.9. The van der Waals surface area contributed by atoms with Gasteiger partial charge >= 0.3 is 18.0 Å². The highest BCUT2D eigenvalue weighted by atomic mass is 16.5. The van der Waals surface area contributed by atoms with E-state index < -0.39 is 12.0 Å². The second-order valence-corrected chi connectivity index (χ2v) is 8.58. The van der Waals surface area contributed by atoms with Gasteiger partial charge in [0, 0.05) is 18.8 Å². The first-order valence-electron chi connectivity index (χ1n) is 11.9. The Morgan fingerprint density at radius 3 is 2.35 bits per heavy atom. The van der Waals surface area contributed by atoms with Crippen LogP contribution >= 0.6 is 0 Å². The Morgan fingerprint density at radius 1 is 1.12 bits per heavy atom. The minimum absolute atomic E-state index is 0.117. The summed E-state index contributed by atoms with van der Waals surface area (Å²) in [4.78, 5) is 42.2. The summed E-state index contributed by atoms with van der Waals surface area (Å²) in [5.41, 5.74) is 2.95. The van der Waals surface area contributed by atoms with Gasteiger partial charge in [0.2, 0.25) is 0 Å². The Hall–Kier alpha value is -3.13. The van der Waals surface area contributed by atoms with Crippen molar-refractivity contribution >= 4 is 18.0 Å². The minimum Gasteiger partial charge on any atom is -0.466 e. The second kappa shape index (κ2) is 11.8. The smallest absolute Gasteiger partial charge is 0.338 e. The van der Waals surface area contributed by atoms with E-state index in [0.717, 1.165) is 11.1 Å². The van der Waals surface area contributed by atoms with Crippen molar-refractivity contribution in [3.05, 3.63) is 59.3 Å². The van der Waals surface area contributed by atoms with Gasteiger partial charge in [-0.25, -0.2) is 9.59 Å². The maximum Gasteiger partial charge on any atom is 0.338 e. The highest BCUT2D eigenvalue weighted by Crippen LogP contribution is 2.33. The summed E-state index contributed by atoms with van der Waals surface area (Å²) in [5.74, 6) is -0.717. The lowest BCUT2D eigenvalue weighted by Gasteiger charge is -2.39. The molecule has 1 aromatic carbocycles. The van der Waals surface area contributed by atoms with E-state index in [-0.39, 0.29) is 31.1 Å². The number of esters is 2. The number of amides is 2. The molecule has 1 N–H and O–H groups in total. The number of ether oxygens (including phenoxy) is 2. The third-order valence-electron chi connectivity index (χ3n) is 6.24. The van der Waals surface area contributed by atoms with Crippen LogP contribution in [0.25, 0.3) is 0 Å². The van der Waals surface area contributed by atoms with Gasteiger partial charge in [0.1, 0.15) is 0 Å². The SMILES string of the molecule is C=CCN1C(=O)N[C@H](c2ccc(C)cc2)C(C(=O)OCC)=C1CN1CCC(C(=O)OCC)CC1. The van der Waals surface area contributed by atoms with E-state index in [1.807, 2.05) is 38.1 Å². The number of carbonyl (C=O) groups excluding carboxylic acids is 3. The number of benzene rings is 1. The van der Waals surface area contributed by atoms with Crippen LogP contribution in [-0.4, -0.2) is 67.2 Å². The van der Waals surface area contributed by atoms with Crippen molar-refractivity contribution in [2.75, 3.05) is 39.4 Å². The molecule has 8 nitrogen and oxygen atoms in total. The molecule has 0 spiro atoms. The lowest BCUT2D eigenvalue weighted by molar-refractivity contribution is -0.149. The molecular formula is C26H35N3O5. The van der Waals surface area contributed by atoms with Gasteiger partial charge in [0.05, 0.1) is 30.7 Å². The minimum atomic E-state index is -0.611. The maximum absolute atomic E-state index is 13.2. The molecule has 184 valence electrons. The lowest BCUT2D eigenvalue weighted by Crippen LogP contribution is -2.51. The summed E-state index contributed by atoms with van der Waals surface area (Å²) in [6.07, 6.45) is 2.99. The first-order chi connectivity index (χ1) is 16.4. The van der Waals surface area contributed by atoms with Crippen LogP contribution in [0.15, 0.2) is 48.2 Å². The molecule has 0 saturated carbocycles. The Bertz CT molecular complexity index is 932. The molecule has 2 aliphatic heterocycles. The molecule has 0 unspecified atom stereocenters. The van der Waals surface area contributed by atoms with Crippen LogP contribution in [0.2, 0.25) is 0 Å². The van der Waals surface area contributed by atoms with Gasteiger partial charge in [-0.15, -0.1) is 6.58 Å². The summed E-state index contributed by atoms with van der Waals surface area (Å²) in [7, 11) is 0. The maximum atomic E-state index is 13.2. The fourth-order valence-corrected chi connectivity index (χ4v) is 4.45. The first kappa shape index (κ1) is 25.5. The van der Waals surface area contributed by atoms with Gasteiger partial charge in [-0.05, 0) is 52.3 Å². The van der Waals surface area contributed by atoms with Gasteiger partial charge in [-0.3, -0.25) is 14.6 Å². The summed E-state index contributed by atoms with van der Waals surface area (Å²) in [5, 5.41) is 2.98. The van der Waals surface area contributed by atoms with Crippen molar-refractivity contribution in [2.45, 2.75) is 39.7 Å². The largest absolute Gasteiger partial charge is 0.466 e. The van der Waals surface area contributed by atoms with E-state index in [4.69, 9.17) is 9.47 Å². The molecule has 1 saturated heterocycles. The van der Waals surface area contributed by atoms with E-state index in [1.54, 1.807) is 17.9 Å². The van der Waals surface area contributed by atoms with Crippen LogP contribution in [-0.2, 0) is 19.1 Å². The molecule has 3 rings (SSSR count). The van der Waals surface area contributed by atoms with Gasteiger partial charge < -0.3 is 14.8 Å². The van der Waals surface area contributed by atoms with Crippen molar-refractivity contribution in [2.24, 2.45) is 5.92 Å². The molecule has 1 aromatic rings. The van der Waals surface area contributed by atoms with Crippen LogP contribution in [0.5, 0.6) is 0 Å². The number of urea groups is 1. The van der Waals surface area contributed by atoms with Crippen molar-refractivity contribution in [3.63, 3.8) is 0 Å². The molecular weight excluding hydrogens is 434 g/mol. The molecule has 1 fully saturated rings. The van der Waals surface area contributed by atoms with Gasteiger partial charge in [0.25, 0.3) is 0 Å². The zero-order chi connectivity index (χ0) is 24.7. The average Bonchev–Trinajstić information content (AvgIpc) is 2.82. The second-order valence-electron chi connectivity index (χ2n) is 8.58. The van der Waals surface area contributed by atoms with E-state index in [9.17, 15) is 14.4 Å². The van der Waals surface area contributed by atoms with E-state index in [2.05, 4.69) is 16.8 Å². The topological polar surface area (TPSA) is 88.2 Å². The van der Waals surface area contributed by atoms with E-state index >= 15 is 0 Å². The number of nitrogens with zero attached hydrogens (tertiary/aromatic N) is 2. The number of nitrogens with one attached hydrogen (secondary N) is 1. The normalized spacial score (nSPS) is 19.6. The third-order valence-corrected chi connectivity index (χ3v) is 6.24. The molecule has 0 radical (unpaired) electrons. The number of likely N-dealkylation sites (tertiary alicyclic amines) is 1. The molecule has 2 heterocycles. The zero-order valence-electron chi connectivity index (χ0n) is 20.3. The summed E-state index contributed by atoms with van der Waals surface area (Å²) >= 11 is 0. The van der Waals surface area contributed by atoms with Crippen LogP contribution in [0, 0.1) is 12.8 Å². The molecule has 0 aliphatic carbocycles. The predicted molar refractivity (Wildman–Crippen MR) is 129 cm³/mol. The molecule has 2 amide bonds. The van der Waals surface area contributed by atoms with E-state index in [1.165, 1.54) is 0 Å². The molecule has 2 aliphatic rings. The van der Waals surface area contributed by atoms with Crippen molar-refractivity contribution < 1.29 is 23.9 Å². The lowest BCUT2D eigenvalue weighted by atomic mass is 9.92. The van der Waals surface area contributed by atoms with Crippen LogP contribution in [0.4, 0.5) is 4.79 Å². The number of aryl methyl sites for hydroxylation is 1. The fraction of sp³-hybridized carbons (Fsp3) is 0.500. The Labute approximate surface area is 201 Å². The average molecular weight is 470 g/mol. The number of hydrogen-bond donors (Lipinski definition) is 1. The summed E-state index contributed by atoms with van der Waals surface area (Å²) in [6.45, 7) is 12.0. The standard InChI is InChI=1S/C26H35N3O5/c1-5-14-29-21(17-28-15-12-20(13-16-28)24(30)33-6-2)22(25(31)34-7-3)23(27-26(29)32)19-10-8-18(4)9-11-19/h5,8-11,20,23H,1,6-7,12-17H2,2-4H3,(H,27,32)/t23-/m1/s1. The Kier molecular flexibility index (Phi) is 8.87. The third kappa shape index (κ3) is 5.86. The molecule has 1 atom stereocenters. The van der Waals surface area contributed by atoms with Crippen LogP contribution in [0.1, 0.15) is 43.9 Å². The highest BCUT2D eigenvalue weighted by Gasteiger charge is 2.39. The molecule has 8 heteroatoms. The van der Waals surface area contributed by atoms with Gasteiger partial charge in [-0.2, -0.15) is 0 Å². The summed E-state index contributed by atoms with van der Waals surface area (Å²) < 4.78 is 10.6. The van der Waals surface area contributed by atoms with Crippen molar-refractivity contribution in [1.82, 2.24) is 15.1 Å². The van der Waals surface area contributed by atoms with Gasteiger partial charge in [0.15, 0.2) is 0 Å². The molecule has 34 heavy (non-hydrogen) atoms. The quantitative estimate of drug-likeness (QED) is 0.441. The van der Waals surface area contributed by atoms with Crippen molar-refractivity contribution in [1.29, 1.82) is 0 Å². The zero-order valence-corrected chi connectivity index (χ0v) is 20.3. The predicted octanol–water partition coefficient (Wildman–Crippen LogP) is 3.34. The fourth-order valence-electron chi connectivity index (χ4n) is 4.45.